The van der Waals surface area contributed by atoms with E-state index in [0.717, 1.165) is 11.1 Å². The van der Waals surface area contributed by atoms with E-state index in [4.69, 9.17) is 0 Å². The van der Waals surface area contributed by atoms with Crippen molar-refractivity contribution in [2.24, 2.45) is 0 Å². The number of anilines is 2. The van der Waals surface area contributed by atoms with Gasteiger partial charge in [-0.1, -0.05) is 24.3 Å². The fraction of sp³-hybridized carbons (Fsp3) is 0.333. The monoisotopic (exact) mass is 398 g/mol. The Morgan fingerprint density at radius 3 is 2.36 bits per heavy atom. The number of benzene rings is 2. The van der Waals surface area contributed by atoms with Gasteiger partial charge in [0.2, 0.25) is 5.91 Å². The molecule has 0 radical (unpaired) electrons. The molecule has 0 unspecified atom stereocenters. The van der Waals surface area contributed by atoms with Crippen molar-refractivity contribution in [1.29, 1.82) is 0 Å². The molecule has 3 rings (SSSR count). The van der Waals surface area contributed by atoms with Gasteiger partial charge in [-0.05, 0) is 63.9 Å². The van der Waals surface area contributed by atoms with E-state index in [1.54, 1.807) is 44.2 Å². The zero-order valence-corrected chi connectivity index (χ0v) is 17.5. The quantitative estimate of drug-likeness (QED) is 0.751. The minimum absolute atomic E-state index is 0.262. The maximum atomic E-state index is 13.0. The normalized spacial score (nSPS) is 15.3. The first-order valence-corrected chi connectivity index (χ1v) is 10.2. The van der Waals surface area contributed by atoms with Crippen molar-refractivity contribution < 1.29 is 18.7 Å². The number of amides is 2. The van der Waals surface area contributed by atoms with Crippen LogP contribution in [0.3, 0.4) is 0 Å². The lowest BCUT2D eigenvalue weighted by Gasteiger charge is -2.30. The first-order chi connectivity index (χ1) is 13.0. The summed E-state index contributed by atoms with van der Waals surface area (Å²) >= 11 is 0. The number of carbonyl (C=O) groups is 2. The molecule has 0 atom stereocenters. The van der Waals surface area contributed by atoms with Gasteiger partial charge in [-0.25, -0.2) is 9.13 Å². The van der Waals surface area contributed by atoms with Crippen LogP contribution in [0, 0.1) is 6.92 Å². The van der Waals surface area contributed by atoms with Crippen LogP contribution < -0.4 is 10.2 Å². The Bertz CT molecular complexity index is 1050. The van der Waals surface area contributed by atoms with Gasteiger partial charge >= 0.3 is 7.68 Å². The van der Waals surface area contributed by atoms with Crippen LogP contribution in [0.25, 0.3) is 0 Å². The molecule has 2 aromatic carbocycles. The van der Waals surface area contributed by atoms with Crippen LogP contribution in [0.5, 0.6) is 0 Å². The Morgan fingerprint density at radius 2 is 1.75 bits per heavy atom. The van der Waals surface area contributed by atoms with Crippen LogP contribution in [0.1, 0.15) is 49.2 Å². The molecule has 0 spiro atoms. The molecular formula is C21H23N2O4P. The Hall–Kier alpha value is -2.72. The molecule has 1 aliphatic rings. The number of hydrogen-bond donors (Lipinski definition) is 1. The smallest absolute Gasteiger partial charge is 0.322 e. The second kappa shape index (κ2) is 6.71. The molecule has 6 nitrogen and oxygen atoms in total. The highest BCUT2D eigenvalue weighted by molar-refractivity contribution is 7.33. The van der Waals surface area contributed by atoms with Crippen molar-refractivity contribution in [1.82, 2.24) is 0 Å². The molecule has 0 aliphatic carbocycles. The van der Waals surface area contributed by atoms with E-state index < -0.39 is 18.4 Å². The van der Waals surface area contributed by atoms with Gasteiger partial charge in [0.05, 0.1) is 11.1 Å². The highest BCUT2D eigenvalue weighted by Crippen LogP contribution is 2.49. The number of carbonyl (C=O) groups excluding carboxylic acids is 2. The molecule has 28 heavy (non-hydrogen) atoms. The van der Waals surface area contributed by atoms with E-state index in [2.05, 4.69) is 5.32 Å². The van der Waals surface area contributed by atoms with Crippen LogP contribution in [0.4, 0.5) is 11.4 Å². The molecule has 1 heterocycles. The standard InChI is InChI=1S/C21H23N2O4P/c1-13-8-6-7-9-15(13)18(24)22-14-10-11-16-17(12-14)23(19(25)20(16,2)3)21(4,5)28(26)27/h6-12H,1-5H3,(H,22,24). The van der Waals surface area contributed by atoms with Crippen LogP contribution in [0.15, 0.2) is 42.5 Å². The third-order valence-electron chi connectivity index (χ3n) is 5.29. The summed E-state index contributed by atoms with van der Waals surface area (Å²) in [6.07, 6.45) is 0. The van der Waals surface area contributed by atoms with Gasteiger partial charge in [0.1, 0.15) is 0 Å². The Kier molecular flexibility index (Phi) is 4.80. The molecule has 1 N–H and O–H groups in total. The molecule has 0 saturated carbocycles. The highest BCUT2D eigenvalue weighted by atomic mass is 31.1. The average Bonchev–Trinajstić information content (AvgIpc) is 2.81. The minimum Gasteiger partial charge on any atom is -0.322 e. The third-order valence-corrected chi connectivity index (χ3v) is 6.38. The summed E-state index contributed by atoms with van der Waals surface area (Å²) in [5, 5.41) is 1.46. The van der Waals surface area contributed by atoms with Crippen LogP contribution in [-0.4, -0.2) is 17.1 Å². The van der Waals surface area contributed by atoms with Crippen molar-refractivity contribution in [3.05, 3.63) is 59.2 Å². The Labute approximate surface area is 164 Å². The molecule has 146 valence electrons. The molecule has 2 aromatic rings. The summed E-state index contributed by atoms with van der Waals surface area (Å²) in [6, 6.07) is 12.4. The number of fused-ring (bicyclic) bond motifs is 1. The summed E-state index contributed by atoms with van der Waals surface area (Å²) in [5.41, 5.74) is 2.29. The van der Waals surface area contributed by atoms with Crippen molar-refractivity contribution in [2.45, 2.75) is 45.3 Å². The molecule has 0 aromatic heterocycles. The number of aryl methyl sites for hydroxylation is 1. The van der Waals surface area contributed by atoms with Crippen molar-refractivity contribution in [3.8, 4) is 0 Å². The van der Waals surface area contributed by atoms with Gasteiger partial charge in [-0.2, -0.15) is 0 Å². The summed E-state index contributed by atoms with van der Waals surface area (Å²) in [5.74, 6) is -0.545. The van der Waals surface area contributed by atoms with E-state index in [1.165, 1.54) is 18.7 Å². The van der Waals surface area contributed by atoms with E-state index in [0.29, 0.717) is 16.9 Å². The SMILES string of the molecule is Cc1ccccc1C(=O)Nc1ccc2c(c1)N(C(C)(C)P(=O)=O)C(=O)C2(C)C. The summed E-state index contributed by atoms with van der Waals surface area (Å²) in [6.45, 7) is 8.40. The van der Waals surface area contributed by atoms with Crippen LogP contribution >= 0.6 is 7.68 Å². The van der Waals surface area contributed by atoms with Gasteiger partial charge < -0.3 is 5.32 Å². The van der Waals surface area contributed by atoms with Crippen LogP contribution in [0.2, 0.25) is 0 Å². The van der Waals surface area contributed by atoms with E-state index in [-0.39, 0.29) is 11.8 Å². The second-order valence-corrected chi connectivity index (χ2v) is 9.63. The maximum absolute atomic E-state index is 13.0. The maximum Gasteiger partial charge on any atom is 0.341 e. The molecule has 7 heteroatoms. The van der Waals surface area contributed by atoms with Gasteiger partial charge in [0, 0.05) is 11.3 Å². The molecule has 1 aliphatic heterocycles. The van der Waals surface area contributed by atoms with Crippen molar-refractivity contribution >= 4 is 30.9 Å². The van der Waals surface area contributed by atoms with Gasteiger partial charge in [0.15, 0.2) is 5.28 Å². The lowest BCUT2D eigenvalue weighted by Crippen LogP contribution is -2.46. The predicted octanol–water partition coefficient (Wildman–Crippen LogP) is 4.78. The van der Waals surface area contributed by atoms with Gasteiger partial charge in [0.25, 0.3) is 5.91 Å². The van der Waals surface area contributed by atoms with E-state index in [1.807, 2.05) is 19.1 Å². The number of nitrogens with one attached hydrogen (secondary N) is 1. The molecular weight excluding hydrogens is 375 g/mol. The number of nitrogens with zero attached hydrogens (tertiary/aromatic N) is 1. The lowest BCUT2D eigenvalue weighted by atomic mass is 9.86. The zero-order valence-electron chi connectivity index (χ0n) is 16.6. The fourth-order valence-corrected chi connectivity index (χ4v) is 3.84. The van der Waals surface area contributed by atoms with Gasteiger partial charge in [-0.3, -0.25) is 14.5 Å². The summed E-state index contributed by atoms with van der Waals surface area (Å²) < 4.78 is 23.7. The number of rotatable bonds is 4. The third kappa shape index (κ3) is 3.08. The molecule has 2 amide bonds. The average molecular weight is 398 g/mol. The first-order valence-electron chi connectivity index (χ1n) is 8.98. The van der Waals surface area contributed by atoms with E-state index >= 15 is 0 Å². The Morgan fingerprint density at radius 1 is 1.11 bits per heavy atom. The topological polar surface area (TPSA) is 83.6 Å². The summed E-state index contributed by atoms with van der Waals surface area (Å²) in [4.78, 5) is 26.9. The van der Waals surface area contributed by atoms with Crippen LogP contribution in [-0.2, 0) is 19.3 Å². The predicted molar refractivity (Wildman–Crippen MR) is 108 cm³/mol. The first kappa shape index (κ1) is 20.0. The number of hydrogen-bond acceptors (Lipinski definition) is 4. The van der Waals surface area contributed by atoms with E-state index in [9.17, 15) is 18.7 Å². The van der Waals surface area contributed by atoms with Gasteiger partial charge in [-0.15, -0.1) is 0 Å². The minimum atomic E-state index is -2.90. The fourth-order valence-electron chi connectivity index (χ4n) is 3.48. The highest BCUT2D eigenvalue weighted by Gasteiger charge is 2.51. The molecule has 0 bridgehead atoms. The largest absolute Gasteiger partial charge is 0.341 e. The zero-order chi connectivity index (χ0) is 20.9. The Balaban J connectivity index is 2.04. The second-order valence-electron chi connectivity index (χ2n) is 8.02. The van der Waals surface area contributed by atoms with Crippen molar-refractivity contribution in [2.75, 3.05) is 10.2 Å². The molecule has 0 saturated heterocycles. The summed E-state index contributed by atoms with van der Waals surface area (Å²) in [7, 11) is -2.90. The van der Waals surface area contributed by atoms with Crippen molar-refractivity contribution in [3.63, 3.8) is 0 Å². The molecule has 0 fully saturated rings. The lowest BCUT2D eigenvalue weighted by molar-refractivity contribution is -0.122.